The number of benzene rings is 1. The lowest BCUT2D eigenvalue weighted by Crippen LogP contribution is -2.39. The van der Waals surface area contributed by atoms with E-state index in [-0.39, 0.29) is 12.0 Å². The van der Waals surface area contributed by atoms with Crippen LogP contribution in [0.25, 0.3) is 0 Å². The molecule has 0 saturated carbocycles. The van der Waals surface area contributed by atoms with Crippen molar-refractivity contribution in [2.24, 2.45) is 0 Å². The van der Waals surface area contributed by atoms with Crippen LogP contribution in [0, 0.1) is 6.92 Å². The van der Waals surface area contributed by atoms with E-state index < -0.39 is 0 Å². The Morgan fingerprint density at radius 2 is 2.33 bits per heavy atom. The summed E-state index contributed by atoms with van der Waals surface area (Å²) in [6.07, 6.45) is -0.0461. The molecule has 1 aliphatic rings. The molecule has 1 fully saturated rings. The molecule has 1 aromatic carbocycles. The van der Waals surface area contributed by atoms with Gasteiger partial charge in [0.1, 0.15) is 0 Å². The molecule has 0 aromatic heterocycles. The molecule has 1 aliphatic heterocycles. The first-order valence-electron chi connectivity index (χ1n) is 5.90. The Morgan fingerprint density at radius 1 is 1.50 bits per heavy atom. The number of rotatable bonds is 3. The van der Waals surface area contributed by atoms with Crippen molar-refractivity contribution < 1.29 is 14.3 Å². The molecular formula is C13H16BrNO3. The Kier molecular flexibility index (Phi) is 4.74. The van der Waals surface area contributed by atoms with E-state index >= 15 is 0 Å². The Morgan fingerprint density at radius 3 is 3.06 bits per heavy atom. The first-order chi connectivity index (χ1) is 8.66. The third kappa shape index (κ3) is 3.54. The number of aryl methyl sites for hydroxylation is 1. The molecule has 0 spiro atoms. The molecule has 1 unspecified atom stereocenters. The fourth-order valence-corrected chi connectivity index (χ4v) is 2.16. The Hall–Kier alpha value is -0.910. The Bertz CT molecular complexity index is 430. The molecule has 1 heterocycles. The van der Waals surface area contributed by atoms with E-state index in [9.17, 15) is 4.79 Å². The summed E-state index contributed by atoms with van der Waals surface area (Å²) < 4.78 is 11.6. The van der Waals surface area contributed by atoms with Gasteiger partial charge in [-0.1, -0.05) is 22.0 Å². The van der Waals surface area contributed by atoms with Gasteiger partial charge in [-0.15, -0.1) is 0 Å². The standard InChI is InChI=1S/C13H16BrNO3/c1-9-2-3-10(14)6-12(9)13(16)15-7-11-8-17-4-5-18-11/h2-3,6,11H,4-5,7-8H2,1H3,(H,15,16). The molecule has 1 aromatic rings. The second-order valence-electron chi connectivity index (χ2n) is 4.24. The maximum atomic E-state index is 12.0. The minimum atomic E-state index is -0.0806. The number of nitrogens with one attached hydrogen (secondary N) is 1. The lowest BCUT2D eigenvalue weighted by atomic mass is 10.1. The van der Waals surface area contributed by atoms with Crippen LogP contribution in [0.3, 0.4) is 0 Å². The largest absolute Gasteiger partial charge is 0.376 e. The van der Waals surface area contributed by atoms with Crippen molar-refractivity contribution in [3.63, 3.8) is 0 Å². The highest BCUT2D eigenvalue weighted by molar-refractivity contribution is 9.10. The third-order valence-electron chi connectivity index (χ3n) is 2.82. The molecule has 1 amide bonds. The lowest BCUT2D eigenvalue weighted by Gasteiger charge is -2.23. The molecule has 1 N–H and O–H groups in total. The maximum absolute atomic E-state index is 12.0. The van der Waals surface area contributed by atoms with Gasteiger partial charge in [-0.05, 0) is 24.6 Å². The quantitative estimate of drug-likeness (QED) is 0.927. The fraction of sp³-hybridized carbons (Fsp3) is 0.462. The highest BCUT2D eigenvalue weighted by Crippen LogP contribution is 2.16. The van der Waals surface area contributed by atoms with Gasteiger partial charge in [-0.2, -0.15) is 0 Å². The molecule has 4 nitrogen and oxygen atoms in total. The molecular weight excluding hydrogens is 298 g/mol. The molecule has 18 heavy (non-hydrogen) atoms. The number of hydrogen-bond acceptors (Lipinski definition) is 3. The first kappa shape index (κ1) is 13.5. The average molecular weight is 314 g/mol. The molecule has 0 bridgehead atoms. The van der Waals surface area contributed by atoms with Crippen molar-refractivity contribution in [2.75, 3.05) is 26.4 Å². The third-order valence-corrected chi connectivity index (χ3v) is 3.31. The fourth-order valence-electron chi connectivity index (χ4n) is 1.80. The summed E-state index contributed by atoms with van der Waals surface area (Å²) in [6.45, 7) is 4.16. The van der Waals surface area contributed by atoms with E-state index in [1.807, 2.05) is 25.1 Å². The van der Waals surface area contributed by atoms with Crippen molar-refractivity contribution in [2.45, 2.75) is 13.0 Å². The van der Waals surface area contributed by atoms with E-state index in [1.54, 1.807) is 0 Å². The predicted molar refractivity (Wildman–Crippen MR) is 71.8 cm³/mol. The van der Waals surface area contributed by atoms with Crippen molar-refractivity contribution in [1.29, 1.82) is 0 Å². The topological polar surface area (TPSA) is 47.6 Å². The van der Waals surface area contributed by atoms with E-state index in [1.165, 1.54) is 0 Å². The van der Waals surface area contributed by atoms with Crippen LogP contribution in [0.1, 0.15) is 15.9 Å². The van der Waals surface area contributed by atoms with Gasteiger partial charge < -0.3 is 14.8 Å². The summed E-state index contributed by atoms with van der Waals surface area (Å²) in [7, 11) is 0. The predicted octanol–water partition coefficient (Wildman–Crippen LogP) is 1.90. The van der Waals surface area contributed by atoms with Crippen LogP contribution in [0.4, 0.5) is 0 Å². The minimum Gasteiger partial charge on any atom is -0.376 e. The zero-order chi connectivity index (χ0) is 13.0. The molecule has 0 radical (unpaired) electrons. The lowest BCUT2D eigenvalue weighted by molar-refractivity contribution is -0.0855. The van der Waals surface area contributed by atoms with Gasteiger partial charge in [-0.25, -0.2) is 0 Å². The van der Waals surface area contributed by atoms with Gasteiger partial charge in [0, 0.05) is 16.6 Å². The number of hydrogen-bond donors (Lipinski definition) is 1. The van der Waals surface area contributed by atoms with Gasteiger partial charge >= 0.3 is 0 Å². The van der Waals surface area contributed by atoms with Gasteiger partial charge in [0.25, 0.3) is 5.91 Å². The van der Waals surface area contributed by atoms with Crippen LogP contribution in [0.15, 0.2) is 22.7 Å². The summed E-state index contributed by atoms with van der Waals surface area (Å²) in [4.78, 5) is 12.0. The van der Waals surface area contributed by atoms with Gasteiger partial charge in [0.15, 0.2) is 0 Å². The molecule has 2 rings (SSSR count). The van der Waals surface area contributed by atoms with Crippen LogP contribution in [0.5, 0.6) is 0 Å². The normalized spacial score (nSPS) is 19.6. The minimum absolute atomic E-state index is 0.0461. The number of carbonyl (C=O) groups excluding carboxylic acids is 1. The second kappa shape index (κ2) is 6.31. The number of amides is 1. The van der Waals surface area contributed by atoms with Crippen LogP contribution in [-0.2, 0) is 9.47 Å². The SMILES string of the molecule is Cc1ccc(Br)cc1C(=O)NCC1COCCO1. The Labute approximate surface area is 115 Å². The van der Waals surface area contributed by atoms with Crippen molar-refractivity contribution in [1.82, 2.24) is 5.32 Å². The monoisotopic (exact) mass is 313 g/mol. The summed E-state index contributed by atoms with van der Waals surface area (Å²) >= 11 is 3.37. The molecule has 0 aliphatic carbocycles. The zero-order valence-corrected chi connectivity index (χ0v) is 11.8. The first-order valence-corrected chi connectivity index (χ1v) is 6.70. The summed E-state index contributed by atoms with van der Waals surface area (Å²) in [5, 5.41) is 2.87. The maximum Gasteiger partial charge on any atom is 0.251 e. The van der Waals surface area contributed by atoms with Crippen LogP contribution in [0.2, 0.25) is 0 Å². The smallest absolute Gasteiger partial charge is 0.251 e. The van der Waals surface area contributed by atoms with E-state index in [2.05, 4.69) is 21.2 Å². The molecule has 1 atom stereocenters. The average Bonchev–Trinajstić information content (AvgIpc) is 2.40. The summed E-state index contributed by atoms with van der Waals surface area (Å²) in [5.41, 5.74) is 1.64. The number of halogens is 1. The van der Waals surface area contributed by atoms with Crippen molar-refractivity contribution in [3.05, 3.63) is 33.8 Å². The zero-order valence-electron chi connectivity index (χ0n) is 10.2. The Balaban J connectivity index is 1.92. The molecule has 5 heteroatoms. The van der Waals surface area contributed by atoms with Gasteiger partial charge in [-0.3, -0.25) is 4.79 Å². The van der Waals surface area contributed by atoms with Crippen molar-refractivity contribution >= 4 is 21.8 Å². The van der Waals surface area contributed by atoms with Crippen molar-refractivity contribution in [3.8, 4) is 0 Å². The van der Waals surface area contributed by atoms with Crippen LogP contribution >= 0.6 is 15.9 Å². The second-order valence-corrected chi connectivity index (χ2v) is 5.15. The van der Waals surface area contributed by atoms with E-state index in [0.717, 1.165) is 10.0 Å². The van der Waals surface area contributed by atoms with E-state index in [0.29, 0.717) is 31.9 Å². The summed E-state index contributed by atoms with van der Waals surface area (Å²) in [6, 6.07) is 5.66. The van der Waals surface area contributed by atoms with E-state index in [4.69, 9.17) is 9.47 Å². The highest BCUT2D eigenvalue weighted by Gasteiger charge is 2.16. The number of carbonyl (C=O) groups is 1. The molecule has 1 saturated heterocycles. The summed E-state index contributed by atoms with van der Waals surface area (Å²) in [5.74, 6) is -0.0806. The number of ether oxygens (including phenoxy) is 2. The van der Waals surface area contributed by atoms with Crippen LogP contribution in [-0.4, -0.2) is 38.4 Å². The highest BCUT2D eigenvalue weighted by atomic mass is 79.9. The van der Waals surface area contributed by atoms with Crippen LogP contribution < -0.4 is 5.32 Å². The van der Waals surface area contributed by atoms with Gasteiger partial charge in [0.2, 0.25) is 0 Å². The van der Waals surface area contributed by atoms with Gasteiger partial charge in [0.05, 0.1) is 25.9 Å². The molecule has 98 valence electrons.